The minimum absolute atomic E-state index is 0.118. The van der Waals surface area contributed by atoms with Crippen LogP contribution in [0.25, 0.3) is 11.4 Å². The topological polar surface area (TPSA) is 91.5 Å². The minimum atomic E-state index is -0.170. The van der Waals surface area contributed by atoms with E-state index in [0.29, 0.717) is 24.8 Å². The number of amides is 2. The van der Waals surface area contributed by atoms with E-state index in [1.807, 2.05) is 31.2 Å². The molecule has 0 saturated carbocycles. The number of carbonyl (C=O) groups excluding carboxylic acids is 1. The van der Waals surface area contributed by atoms with Gasteiger partial charge in [0, 0.05) is 31.2 Å². The van der Waals surface area contributed by atoms with Crippen LogP contribution in [0.4, 0.5) is 4.79 Å². The van der Waals surface area contributed by atoms with Crippen molar-refractivity contribution < 1.29 is 14.4 Å². The molecule has 7 nitrogen and oxygen atoms in total. The minimum Gasteiger partial charge on any atom is -0.396 e. The van der Waals surface area contributed by atoms with Gasteiger partial charge < -0.3 is 19.8 Å². The third-order valence-electron chi connectivity index (χ3n) is 4.00. The van der Waals surface area contributed by atoms with Crippen LogP contribution in [-0.2, 0) is 6.54 Å². The second kappa shape index (κ2) is 6.78. The van der Waals surface area contributed by atoms with Crippen molar-refractivity contribution in [3.05, 3.63) is 35.7 Å². The Balaban J connectivity index is 1.55. The van der Waals surface area contributed by atoms with Gasteiger partial charge >= 0.3 is 6.03 Å². The first-order chi connectivity index (χ1) is 11.2. The molecule has 0 unspecified atom stereocenters. The lowest BCUT2D eigenvalue weighted by Gasteiger charge is -2.16. The molecule has 2 heterocycles. The Hall–Kier alpha value is -2.41. The SMILES string of the molecule is Cc1ccc(-c2noc(CNC(=O)N3CC[C@H](CO)C3)n2)cc1. The first-order valence-corrected chi connectivity index (χ1v) is 7.69. The number of nitrogens with one attached hydrogen (secondary N) is 1. The third kappa shape index (κ3) is 3.68. The summed E-state index contributed by atoms with van der Waals surface area (Å²) in [5.74, 6) is 1.06. The number of benzene rings is 1. The van der Waals surface area contributed by atoms with Gasteiger partial charge in [0.05, 0.1) is 6.54 Å². The zero-order chi connectivity index (χ0) is 16.2. The molecule has 3 rings (SSSR count). The summed E-state index contributed by atoms with van der Waals surface area (Å²) < 4.78 is 5.17. The van der Waals surface area contributed by atoms with Crippen LogP contribution in [0, 0.1) is 12.8 Å². The summed E-state index contributed by atoms with van der Waals surface area (Å²) in [6.07, 6.45) is 0.835. The van der Waals surface area contributed by atoms with Crippen molar-refractivity contribution in [3.63, 3.8) is 0 Å². The lowest BCUT2D eigenvalue weighted by molar-refractivity contribution is 0.196. The fourth-order valence-corrected chi connectivity index (χ4v) is 2.58. The predicted octanol–water partition coefficient (Wildman–Crippen LogP) is 1.57. The van der Waals surface area contributed by atoms with Crippen molar-refractivity contribution in [1.82, 2.24) is 20.4 Å². The highest BCUT2D eigenvalue weighted by molar-refractivity contribution is 5.74. The molecule has 0 bridgehead atoms. The molecule has 1 atom stereocenters. The molecular formula is C16H20N4O3. The Morgan fingerprint density at radius 3 is 2.91 bits per heavy atom. The van der Waals surface area contributed by atoms with Gasteiger partial charge in [-0.15, -0.1) is 0 Å². The molecule has 2 N–H and O–H groups in total. The fourth-order valence-electron chi connectivity index (χ4n) is 2.58. The second-order valence-electron chi connectivity index (χ2n) is 5.82. The van der Waals surface area contributed by atoms with Gasteiger partial charge in [-0.2, -0.15) is 4.98 Å². The van der Waals surface area contributed by atoms with Gasteiger partial charge in [0.1, 0.15) is 0 Å². The van der Waals surface area contributed by atoms with Crippen LogP contribution < -0.4 is 5.32 Å². The summed E-state index contributed by atoms with van der Waals surface area (Å²) in [5.41, 5.74) is 2.04. The number of likely N-dealkylation sites (tertiary alicyclic amines) is 1. The van der Waals surface area contributed by atoms with Crippen molar-refractivity contribution in [2.24, 2.45) is 5.92 Å². The van der Waals surface area contributed by atoms with Crippen molar-refractivity contribution >= 4 is 6.03 Å². The molecular weight excluding hydrogens is 296 g/mol. The molecule has 1 aliphatic rings. The van der Waals surface area contributed by atoms with Gasteiger partial charge in [-0.25, -0.2) is 4.79 Å². The van der Waals surface area contributed by atoms with Gasteiger partial charge in [0.2, 0.25) is 11.7 Å². The van der Waals surface area contributed by atoms with E-state index in [9.17, 15) is 4.79 Å². The smallest absolute Gasteiger partial charge is 0.317 e. The molecule has 0 spiro atoms. The molecule has 7 heteroatoms. The number of nitrogens with zero attached hydrogens (tertiary/aromatic N) is 3. The number of aliphatic hydroxyl groups is 1. The van der Waals surface area contributed by atoms with Gasteiger partial charge in [0.15, 0.2) is 0 Å². The third-order valence-corrected chi connectivity index (χ3v) is 4.00. The van der Waals surface area contributed by atoms with Crippen LogP contribution in [0.5, 0.6) is 0 Å². The first kappa shape index (κ1) is 15.5. The van der Waals surface area contributed by atoms with Crippen molar-refractivity contribution in [3.8, 4) is 11.4 Å². The van der Waals surface area contributed by atoms with Crippen LogP contribution in [0.3, 0.4) is 0 Å². The standard InChI is InChI=1S/C16H20N4O3/c1-11-2-4-13(5-3-11)15-18-14(23-19-15)8-17-16(22)20-7-6-12(9-20)10-21/h2-5,12,21H,6-10H2,1H3,(H,17,22)/t12-/m0/s1. The Morgan fingerprint density at radius 1 is 1.43 bits per heavy atom. The number of urea groups is 1. The molecule has 1 aliphatic heterocycles. The lowest BCUT2D eigenvalue weighted by atomic mass is 10.1. The maximum atomic E-state index is 12.0. The molecule has 2 aromatic rings. The van der Waals surface area contributed by atoms with E-state index in [2.05, 4.69) is 15.5 Å². The van der Waals surface area contributed by atoms with E-state index >= 15 is 0 Å². The van der Waals surface area contributed by atoms with Crippen molar-refractivity contribution in [1.29, 1.82) is 0 Å². The van der Waals surface area contributed by atoms with Crippen LogP contribution in [0.2, 0.25) is 0 Å². The van der Waals surface area contributed by atoms with Crippen molar-refractivity contribution in [2.45, 2.75) is 19.9 Å². The first-order valence-electron chi connectivity index (χ1n) is 7.69. The van der Waals surface area contributed by atoms with E-state index in [0.717, 1.165) is 17.5 Å². The van der Waals surface area contributed by atoms with E-state index in [4.69, 9.17) is 9.63 Å². The number of aliphatic hydroxyl groups excluding tert-OH is 1. The largest absolute Gasteiger partial charge is 0.396 e. The molecule has 1 saturated heterocycles. The molecule has 1 aromatic carbocycles. The van der Waals surface area contributed by atoms with Crippen LogP contribution in [0.15, 0.2) is 28.8 Å². The highest BCUT2D eigenvalue weighted by Gasteiger charge is 2.25. The number of rotatable bonds is 4. The Labute approximate surface area is 134 Å². The zero-order valence-electron chi connectivity index (χ0n) is 13.0. The molecule has 2 amide bonds. The summed E-state index contributed by atoms with van der Waals surface area (Å²) in [6, 6.07) is 7.66. The number of aryl methyl sites for hydroxylation is 1. The fraction of sp³-hybridized carbons (Fsp3) is 0.438. The van der Waals surface area contributed by atoms with Gasteiger partial charge in [-0.05, 0) is 13.3 Å². The maximum absolute atomic E-state index is 12.0. The highest BCUT2D eigenvalue weighted by atomic mass is 16.5. The van der Waals surface area contributed by atoms with E-state index < -0.39 is 0 Å². The van der Waals surface area contributed by atoms with E-state index in [-0.39, 0.29) is 25.1 Å². The molecule has 23 heavy (non-hydrogen) atoms. The van der Waals surface area contributed by atoms with Crippen molar-refractivity contribution in [2.75, 3.05) is 19.7 Å². The molecule has 1 fully saturated rings. The van der Waals surface area contributed by atoms with Crippen LogP contribution in [-0.4, -0.2) is 45.9 Å². The normalized spacial score (nSPS) is 17.5. The van der Waals surface area contributed by atoms with E-state index in [1.165, 1.54) is 0 Å². The predicted molar refractivity (Wildman–Crippen MR) is 83.5 cm³/mol. The summed E-state index contributed by atoms with van der Waals surface area (Å²) in [4.78, 5) is 18.0. The number of carbonyl (C=O) groups is 1. The average Bonchev–Trinajstić information content (AvgIpc) is 3.22. The number of hydrogen-bond acceptors (Lipinski definition) is 5. The lowest BCUT2D eigenvalue weighted by Crippen LogP contribution is -2.38. The highest BCUT2D eigenvalue weighted by Crippen LogP contribution is 2.17. The summed E-state index contributed by atoms with van der Waals surface area (Å²) >= 11 is 0. The molecule has 122 valence electrons. The average molecular weight is 316 g/mol. The molecule has 1 aromatic heterocycles. The van der Waals surface area contributed by atoms with Crippen LogP contribution in [0.1, 0.15) is 17.9 Å². The Bertz CT molecular complexity index is 668. The molecule has 0 radical (unpaired) electrons. The Morgan fingerprint density at radius 2 is 2.22 bits per heavy atom. The maximum Gasteiger partial charge on any atom is 0.317 e. The monoisotopic (exact) mass is 316 g/mol. The summed E-state index contributed by atoms with van der Waals surface area (Å²) in [7, 11) is 0. The summed E-state index contributed by atoms with van der Waals surface area (Å²) in [5, 5.41) is 15.8. The van der Waals surface area contributed by atoms with E-state index in [1.54, 1.807) is 4.90 Å². The Kier molecular flexibility index (Phi) is 4.57. The van der Waals surface area contributed by atoms with Gasteiger partial charge in [0.25, 0.3) is 0 Å². The number of aromatic nitrogens is 2. The zero-order valence-corrected chi connectivity index (χ0v) is 13.0. The van der Waals surface area contributed by atoms with Gasteiger partial charge in [-0.3, -0.25) is 0 Å². The summed E-state index contributed by atoms with van der Waals surface area (Å²) in [6.45, 7) is 3.57. The molecule has 0 aliphatic carbocycles. The van der Waals surface area contributed by atoms with Gasteiger partial charge in [-0.1, -0.05) is 35.0 Å². The van der Waals surface area contributed by atoms with Crippen LogP contribution >= 0.6 is 0 Å². The quantitative estimate of drug-likeness (QED) is 0.893. The number of hydrogen-bond donors (Lipinski definition) is 2. The second-order valence-corrected chi connectivity index (χ2v) is 5.82.